The number of amides is 2. The Balaban J connectivity index is 2.06. The number of hydrogen-bond acceptors (Lipinski definition) is 3. The molecule has 0 unspecified atom stereocenters. The van der Waals surface area contributed by atoms with Gasteiger partial charge in [-0.15, -0.1) is 0 Å². The van der Waals surface area contributed by atoms with Crippen molar-refractivity contribution < 1.29 is 13.2 Å². The Morgan fingerprint density at radius 2 is 1.62 bits per heavy atom. The number of allylic oxidation sites excluding steroid dienone is 1. The average molecular weight is 365 g/mol. The van der Waals surface area contributed by atoms with Crippen molar-refractivity contribution in [2.24, 2.45) is 0 Å². The van der Waals surface area contributed by atoms with Crippen LogP contribution in [0.4, 0.5) is 10.5 Å². The van der Waals surface area contributed by atoms with Crippen molar-refractivity contribution in [1.82, 2.24) is 4.72 Å². The van der Waals surface area contributed by atoms with E-state index in [9.17, 15) is 13.2 Å². The van der Waals surface area contributed by atoms with Crippen molar-refractivity contribution in [2.75, 3.05) is 5.32 Å². The van der Waals surface area contributed by atoms with Crippen LogP contribution in [0.15, 0.2) is 53.9 Å². The molecule has 0 spiro atoms. The second-order valence-corrected chi connectivity index (χ2v) is 7.24. The molecular weight excluding hydrogens is 348 g/mol. The van der Waals surface area contributed by atoms with Gasteiger partial charge in [-0.25, -0.2) is 17.9 Å². The maximum atomic E-state index is 12.1. The quantitative estimate of drug-likeness (QED) is 0.855. The standard InChI is InChI=1S/C17H17ClN2O3S/c1-12-3-5-14(6-4-12)13(2)11-24(22,23)20-17(21)19-16-9-7-15(18)8-10-16/h3-11H,1-2H3,(H2,19,20,21). The molecule has 2 aromatic carbocycles. The number of halogens is 1. The van der Waals surface area contributed by atoms with Gasteiger partial charge < -0.3 is 5.32 Å². The number of nitrogens with one attached hydrogen (secondary N) is 2. The number of hydrogen-bond donors (Lipinski definition) is 2. The molecule has 0 atom stereocenters. The molecular formula is C17H17ClN2O3S. The van der Waals surface area contributed by atoms with Gasteiger partial charge in [0.1, 0.15) is 0 Å². The molecule has 0 saturated carbocycles. The summed E-state index contributed by atoms with van der Waals surface area (Å²) >= 11 is 5.75. The van der Waals surface area contributed by atoms with E-state index in [1.807, 2.05) is 35.9 Å². The SMILES string of the molecule is CC(=CS(=O)(=O)NC(=O)Nc1ccc(Cl)cc1)c1ccc(C)cc1. The average Bonchev–Trinajstić information content (AvgIpc) is 2.49. The van der Waals surface area contributed by atoms with Gasteiger partial charge >= 0.3 is 6.03 Å². The normalized spacial score (nSPS) is 11.9. The van der Waals surface area contributed by atoms with Gasteiger partial charge in [-0.1, -0.05) is 41.4 Å². The largest absolute Gasteiger partial charge is 0.333 e. The van der Waals surface area contributed by atoms with Crippen LogP contribution >= 0.6 is 11.6 Å². The number of anilines is 1. The van der Waals surface area contributed by atoms with Gasteiger partial charge in [-0.05, 0) is 49.2 Å². The van der Waals surface area contributed by atoms with Crippen LogP contribution in [-0.4, -0.2) is 14.4 Å². The molecule has 126 valence electrons. The first-order valence-electron chi connectivity index (χ1n) is 7.10. The van der Waals surface area contributed by atoms with Crippen LogP contribution in [0.2, 0.25) is 5.02 Å². The van der Waals surface area contributed by atoms with Crippen LogP contribution in [0.3, 0.4) is 0 Å². The third-order valence-corrected chi connectivity index (χ3v) is 4.56. The fourth-order valence-electron chi connectivity index (χ4n) is 1.97. The minimum absolute atomic E-state index is 0.436. The Bertz CT molecular complexity index is 858. The summed E-state index contributed by atoms with van der Waals surface area (Å²) in [6.45, 7) is 3.61. The lowest BCUT2D eigenvalue weighted by atomic mass is 10.1. The summed E-state index contributed by atoms with van der Waals surface area (Å²) < 4.78 is 26.1. The maximum absolute atomic E-state index is 12.1. The van der Waals surface area contributed by atoms with Gasteiger partial charge in [0.15, 0.2) is 0 Å². The molecule has 0 fully saturated rings. The molecule has 7 heteroatoms. The van der Waals surface area contributed by atoms with Crippen molar-refractivity contribution in [3.8, 4) is 0 Å². The maximum Gasteiger partial charge on any atom is 0.333 e. The van der Waals surface area contributed by atoms with Crippen LogP contribution in [0.5, 0.6) is 0 Å². The molecule has 0 bridgehead atoms. The molecule has 5 nitrogen and oxygen atoms in total. The van der Waals surface area contributed by atoms with Gasteiger partial charge in [0.05, 0.1) is 5.41 Å². The van der Waals surface area contributed by atoms with E-state index in [1.165, 1.54) is 0 Å². The minimum Gasteiger partial charge on any atom is -0.307 e. The van der Waals surface area contributed by atoms with E-state index in [0.29, 0.717) is 16.3 Å². The van der Waals surface area contributed by atoms with Crippen molar-refractivity contribution in [3.05, 3.63) is 70.1 Å². The summed E-state index contributed by atoms with van der Waals surface area (Å²) in [5.74, 6) is 0. The highest BCUT2D eigenvalue weighted by Crippen LogP contribution is 2.16. The second kappa shape index (κ2) is 7.51. The molecule has 2 aromatic rings. The van der Waals surface area contributed by atoms with Crippen molar-refractivity contribution >= 4 is 38.9 Å². The van der Waals surface area contributed by atoms with Gasteiger partial charge in [-0.2, -0.15) is 0 Å². The number of urea groups is 1. The van der Waals surface area contributed by atoms with Gasteiger partial charge in [0.25, 0.3) is 10.0 Å². The summed E-state index contributed by atoms with van der Waals surface area (Å²) in [4.78, 5) is 11.8. The molecule has 2 N–H and O–H groups in total. The van der Waals surface area contributed by atoms with Crippen molar-refractivity contribution in [1.29, 1.82) is 0 Å². The first kappa shape index (κ1) is 18.0. The smallest absolute Gasteiger partial charge is 0.307 e. The second-order valence-electron chi connectivity index (χ2n) is 5.27. The zero-order chi connectivity index (χ0) is 17.7. The third-order valence-electron chi connectivity index (χ3n) is 3.18. The fourth-order valence-corrected chi connectivity index (χ4v) is 3.06. The lowest BCUT2D eigenvalue weighted by molar-refractivity contribution is 0.256. The summed E-state index contributed by atoms with van der Waals surface area (Å²) in [5.41, 5.74) is 2.81. The van der Waals surface area contributed by atoms with Crippen molar-refractivity contribution in [2.45, 2.75) is 13.8 Å². The van der Waals surface area contributed by atoms with E-state index in [-0.39, 0.29) is 0 Å². The van der Waals surface area contributed by atoms with Gasteiger partial charge in [0.2, 0.25) is 0 Å². The van der Waals surface area contributed by atoms with E-state index in [2.05, 4.69) is 5.32 Å². The van der Waals surface area contributed by atoms with E-state index in [0.717, 1.165) is 16.5 Å². The van der Waals surface area contributed by atoms with Gasteiger partial charge in [-0.3, -0.25) is 0 Å². The molecule has 0 heterocycles. The molecule has 0 radical (unpaired) electrons. The number of benzene rings is 2. The highest BCUT2D eigenvalue weighted by molar-refractivity contribution is 7.93. The molecule has 2 amide bonds. The highest BCUT2D eigenvalue weighted by atomic mass is 35.5. The first-order chi connectivity index (χ1) is 11.2. The lowest BCUT2D eigenvalue weighted by Crippen LogP contribution is -2.33. The Morgan fingerprint density at radius 3 is 2.21 bits per heavy atom. The van der Waals surface area contributed by atoms with Crippen LogP contribution < -0.4 is 10.0 Å². The Labute approximate surface area is 146 Å². The minimum atomic E-state index is -3.92. The first-order valence-corrected chi connectivity index (χ1v) is 9.02. The van der Waals surface area contributed by atoms with Gasteiger partial charge in [0, 0.05) is 10.7 Å². The lowest BCUT2D eigenvalue weighted by Gasteiger charge is -2.08. The van der Waals surface area contributed by atoms with Crippen LogP contribution in [0.25, 0.3) is 5.57 Å². The van der Waals surface area contributed by atoms with Crippen LogP contribution in [-0.2, 0) is 10.0 Å². The van der Waals surface area contributed by atoms with E-state index < -0.39 is 16.1 Å². The predicted octanol–water partition coefficient (Wildman–Crippen LogP) is 4.16. The van der Waals surface area contributed by atoms with E-state index in [4.69, 9.17) is 11.6 Å². The monoisotopic (exact) mass is 364 g/mol. The Morgan fingerprint density at radius 1 is 1.04 bits per heavy atom. The zero-order valence-electron chi connectivity index (χ0n) is 13.2. The molecule has 0 saturated heterocycles. The molecule has 0 aromatic heterocycles. The van der Waals surface area contributed by atoms with Crippen LogP contribution in [0, 0.1) is 6.92 Å². The number of carbonyl (C=O) groups excluding carboxylic acids is 1. The Hall–Kier alpha value is -2.31. The van der Waals surface area contributed by atoms with Crippen molar-refractivity contribution in [3.63, 3.8) is 0 Å². The zero-order valence-corrected chi connectivity index (χ0v) is 14.8. The summed E-state index contributed by atoms with van der Waals surface area (Å²) in [7, 11) is -3.92. The number of aryl methyl sites for hydroxylation is 1. The number of sulfonamides is 1. The molecule has 24 heavy (non-hydrogen) atoms. The molecule has 0 aliphatic heterocycles. The third kappa shape index (κ3) is 5.40. The summed E-state index contributed by atoms with van der Waals surface area (Å²) in [5, 5.41) is 3.97. The van der Waals surface area contributed by atoms with Crippen LogP contribution in [0.1, 0.15) is 18.1 Å². The molecule has 0 aliphatic rings. The topological polar surface area (TPSA) is 75.3 Å². The Kier molecular flexibility index (Phi) is 5.64. The fraction of sp³-hybridized carbons (Fsp3) is 0.118. The number of rotatable bonds is 4. The molecule has 0 aliphatic carbocycles. The highest BCUT2D eigenvalue weighted by Gasteiger charge is 2.13. The summed E-state index contributed by atoms with van der Waals surface area (Å²) in [6.07, 6.45) is 0. The molecule has 2 rings (SSSR count). The predicted molar refractivity (Wildman–Crippen MR) is 97.4 cm³/mol. The van der Waals surface area contributed by atoms with E-state index in [1.54, 1.807) is 31.2 Å². The number of carbonyl (C=O) groups is 1. The summed E-state index contributed by atoms with van der Waals surface area (Å²) in [6, 6.07) is 12.9. The van der Waals surface area contributed by atoms with E-state index >= 15 is 0 Å².